The molecule has 0 N–H and O–H groups in total. The highest BCUT2D eigenvalue weighted by molar-refractivity contribution is 8.38. The normalized spacial score (nSPS) is 11.5. The van der Waals surface area contributed by atoms with Crippen LogP contribution >= 0.6 is 30.7 Å². The van der Waals surface area contributed by atoms with Gasteiger partial charge in [-0.25, -0.2) is 0 Å². The van der Waals surface area contributed by atoms with Gasteiger partial charge in [-0.3, -0.25) is 14.4 Å². The smallest absolute Gasteiger partial charge is 0.321 e. The third kappa shape index (κ3) is 8.00. The first kappa shape index (κ1) is 22.9. The van der Waals surface area contributed by atoms with E-state index in [1.807, 2.05) is 0 Å². The number of rotatable bonds is 11. The Balaban J connectivity index is 4.31. The van der Waals surface area contributed by atoms with Crippen molar-refractivity contribution in [3.8, 4) is 0 Å². The van der Waals surface area contributed by atoms with Crippen molar-refractivity contribution < 1.29 is 32.5 Å². The molecule has 0 amide bonds. The zero-order valence-corrected chi connectivity index (χ0v) is 17.4. The maximum Gasteiger partial charge on any atom is 0.321 e. The molecule has 7 nitrogen and oxygen atoms in total. The van der Waals surface area contributed by atoms with Crippen molar-refractivity contribution in [1.29, 1.82) is 0 Å². The van der Waals surface area contributed by atoms with E-state index in [4.69, 9.17) is 13.6 Å². The van der Waals surface area contributed by atoms with E-state index >= 15 is 0 Å². The zero-order chi connectivity index (χ0) is 17.9. The third-order valence-electron chi connectivity index (χ3n) is 2.94. The van der Waals surface area contributed by atoms with E-state index < -0.39 is 32.1 Å². The summed E-state index contributed by atoms with van der Waals surface area (Å²) in [7, 11) is -2.21. The first-order chi connectivity index (χ1) is 10.8. The van der Waals surface area contributed by atoms with E-state index in [-0.39, 0.29) is 19.2 Å². The summed E-state index contributed by atoms with van der Waals surface area (Å²) in [5.41, 5.74) is 0. The molecular weight excluding hydrogens is 379 g/mol. The molecule has 0 spiro atoms. The fourth-order valence-corrected chi connectivity index (χ4v) is 7.39. The second-order valence-electron chi connectivity index (χ2n) is 4.42. The van der Waals surface area contributed by atoms with E-state index in [0.717, 1.165) is 23.5 Å². The number of thioether (sulfide) groups is 2. The molecule has 0 bridgehead atoms. The van der Waals surface area contributed by atoms with Crippen molar-refractivity contribution >= 4 is 55.6 Å². The molecule has 0 heterocycles. The van der Waals surface area contributed by atoms with Crippen LogP contribution in [0.3, 0.4) is 0 Å². The van der Waals surface area contributed by atoms with Crippen LogP contribution in [0.5, 0.6) is 0 Å². The van der Waals surface area contributed by atoms with Gasteiger partial charge in [0, 0.05) is 20.4 Å². The lowest BCUT2D eigenvalue weighted by Crippen LogP contribution is -2.19. The van der Waals surface area contributed by atoms with Gasteiger partial charge < -0.3 is 18.2 Å². The highest BCUT2D eigenvalue weighted by Crippen LogP contribution is 2.55. The highest BCUT2D eigenvalue weighted by Gasteiger charge is 2.39. The lowest BCUT2D eigenvalue weighted by Gasteiger charge is -2.13. The minimum absolute atomic E-state index is 0.201. The van der Waals surface area contributed by atoms with E-state index in [1.165, 1.54) is 12.5 Å². The number of carbonyl (C=O) groups excluding carboxylic acids is 3. The summed E-state index contributed by atoms with van der Waals surface area (Å²) in [6.45, 7) is 0.201. The third-order valence-corrected chi connectivity index (χ3v) is 10.5. The van der Waals surface area contributed by atoms with Crippen molar-refractivity contribution in [1.82, 2.24) is 0 Å². The van der Waals surface area contributed by atoms with Crippen LogP contribution in [0.2, 0.25) is 6.04 Å². The average molecular weight is 403 g/mol. The molecule has 0 radical (unpaired) electrons. The van der Waals surface area contributed by atoms with Gasteiger partial charge in [-0.2, -0.15) is 0 Å². The number of hydrogen-bond acceptors (Lipinski definition) is 9. The van der Waals surface area contributed by atoms with Crippen LogP contribution in [-0.4, -0.2) is 64.5 Å². The molecule has 0 aromatic heterocycles. The summed E-state index contributed by atoms with van der Waals surface area (Å²) >= 11 is 1.49. The lowest BCUT2D eigenvalue weighted by atomic mass is 10.5. The first-order valence-electron chi connectivity index (χ1n) is 6.83. The maximum atomic E-state index is 12.5. The highest BCUT2D eigenvalue weighted by atomic mass is 32.2. The summed E-state index contributed by atoms with van der Waals surface area (Å²) in [6, 6.07) is 0.703. The minimum Gasteiger partial charge on any atom is -0.466 e. The van der Waals surface area contributed by atoms with Crippen LogP contribution in [-0.2, 0) is 22.9 Å². The van der Waals surface area contributed by atoms with E-state index in [1.54, 1.807) is 14.2 Å². The summed E-state index contributed by atoms with van der Waals surface area (Å²) in [5, 5.41) is 0. The average Bonchev–Trinajstić information content (AvgIpc) is 2.58. The summed E-state index contributed by atoms with van der Waals surface area (Å²) < 4.78 is 27.8. The van der Waals surface area contributed by atoms with E-state index in [2.05, 4.69) is 0 Å². The molecule has 11 heteroatoms. The molecule has 0 atom stereocenters. The summed E-state index contributed by atoms with van der Waals surface area (Å²) in [6.07, 6.45) is 3.04. The Hall–Kier alpha value is -0.123. The molecule has 0 fully saturated rings. The van der Waals surface area contributed by atoms with Crippen LogP contribution in [0, 0.1) is 0 Å². The predicted octanol–water partition coefficient (Wildman–Crippen LogP) is 3.15. The summed E-state index contributed by atoms with van der Waals surface area (Å²) in [5.74, 6) is -0.568. The molecule has 0 aliphatic rings. The van der Waals surface area contributed by atoms with E-state index in [9.17, 15) is 18.9 Å². The SMILES string of the molecule is CO[SiH](CCCOC(=O)CCP(=O)(C(=O)SC)C(=O)SC)OC. The van der Waals surface area contributed by atoms with Crippen LogP contribution < -0.4 is 0 Å². The molecule has 0 saturated carbocycles. The topological polar surface area (TPSA) is 96.0 Å². The van der Waals surface area contributed by atoms with Gasteiger partial charge in [0.1, 0.15) is 0 Å². The molecule has 23 heavy (non-hydrogen) atoms. The van der Waals surface area contributed by atoms with Crippen LogP contribution in [0.4, 0.5) is 9.59 Å². The van der Waals surface area contributed by atoms with Gasteiger partial charge in [0.25, 0.3) is 9.71 Å². The second-order valence-corrected chi connectivity index (χ2v) is 11.7. The fraction of sp³-hybridized carbons (Fsp3) is 0.750. The molecule has 0 aliphatic heterocycles. The predicted molar refractivity (Wildman–Crippen MR) is 96.5 cm³/mol. The van der Waals surface area contributed by atoms with Gasteiger partial charge in [-0.05, 0) is 25.0 Å². The Labute approximate surface area is 146 Å². The van der Waals surface area contributed by atoms with Gasteiger partial charge in [-0.1, -0.05) is 23.5 Å². The molecular formula is C12H23O7PS2Si. The molecule has 0 aromatic carbocycles. The monoisotopic (exact) mass is 402 g/mol. The number of carbonyl (C=O) groups is 3. The summed E-state index contributed by atoms with van der Waals surface area (Å²) in [4.78, 5) is 33.8. The van der Waals surface area contributed by atoms with Crippen LogP contribution in [0.25, 0.3) is 0 Å². The molecule has 134 valence electrons. The Morgan fingerprint density at radius 3 is 2.00 bits per heavy atom. The van der Waals surface area contributed by atoms with Crippen molar-refractivity contribution in [2.45, 2.75) is 18.9 Å². The van der Waals surface area contributed by atoms with E-state index in [0.29, 0.717) is 12.5 Å². The number of ether oxygens (including phenoxy) is 1. The van der Waals surface area contributed by atoms with Gasteiger partial charge in [0.15, 0.2) is 0 Å². The Morgan fingerprint density at radius 1 is 1.04 bits per heavy atom. The van der Waals surface area contributed by atoms with Crippen LogP contribution in [0.15, 0.2) is 0 Å². The van der Waals surface area contributed by atoms with Gasteiger partial charge >= 0.3 is 15.3 Å². The van der Waals surface area contributed by atoms with Gasteiger partial charge in [0.2, 0.25) is 7.14 Å². The number of hydrogen-bond donors (Lipinski definition) is 0. The Bertz CT molecular complexity index is 437. The molecule has 0 aromatic rings. The first-order valence-corrected chi connectivity index (χ1v) is 12.9. The quantitative estimate of drug-likeness (QED) is 0.223. The van der Waals surface area contributed by atoms with Gasteiger partial charge in [-0.15, -0.1) is 0 Å². The minimum atomic E-state index is -3.71. The standard InChI is InChI=1S/C12H23O7PS2Si/c1-17-23(18-2)9-5-7-19-10(13)6-8-20(16,11(14)21-3)12(15)22-4/h23H,5-9H2,1-4H3. The van der Waals surface area contributed by atoms with Gasteiger partial charge in [0.05, 0.1) is 13.0 Å². The molecule has 0 unspecified atom stereocenters. The van der Waals surface area contributed by atoms with Crippen molar-refractivity contribution in [2.75, 3.05) is 39.5 Å². The van der Waals surface area contributed by atoms with Crippen molar-refractivity contribution in [3.05, 3.63) is 0 Å². The van der Waals surface area contributed by atoms with Crippen molar-refractivity contribution in [3.63, 3.8) is 0 Å². The van der Waals surface area contributed by atoms with Crippen LogP contribution in [0.1, 0.15) is 12.8 Å². The largest absolute Gasteiger partial charge is 0.466 e. The van der Waals surface area contributed by atoms with Crippen molar-refractivity contribution in [2.24, 2.45) is 0 Å². The number of esters is 1. The Kier molecular flexibility index (Phi) is 12.2. The second kappa shape index (κ2) is 12.3. The zero-order valence-electron chi connectivity index (χ0n) is 13.7. The Morgan fingerprint density at radius 2 is 1.57 bits per heavy atom. The fourth-order valence-electron chi connectivity index (χ4n) is 1.64. The molecule has 0 saturated heterocycles. The lowest BCUT2D eigenvalue weighted by molar-refractivity contribution is -0.143. The molecule has 0 rings (SSSR count). The maximum absolute atomic E-state index is 12.5. The molecule has 0 aliphatic carbocycles.